The van der Waals surface area contributed by atoms with Crippen molar-refractivity contribution in [3.8, 4) is 6.07 Å². The molecule has 0 fully saturated rings. The van der Waals surface area contributed by atoms with Crippen LogP contribution in [0.25, 0.3) is 0 Å². The Kier molecular flexibility index (Phi) is 4.78. The first kappa shape index (κ1) is 13.0. The van der Waals surface area contributed by atoms with Crippen LogP contribution in [-0.2, 0) is 10.1 Å². The van der Waals surface area contributed by atoms with Gasteiger partial charge in [0, 0.05) is 5.33 Å². The van der Waals surface area contributed by atoms with E-state index in [1.807, 2.05) is 6.07 Å². The number of carbonyl (C=O) groups is 1. The van der Waals surface area contributed by atoms with E-state index in [9.17, 15) is 4.79 Å². The Morgan fingerprint density at radius 1 is 1.62 bits per heavy atom. The third kappa shape index (κ3) is 2.55. The summed E-state index contributed by atoms with van der Waals surface area (Å²) in [6.45, 7) is 1.99. The quantitative estimate of drug-likeness (QED) is 0.636. The number of rotatable bonds is 3. The first-order valence-electron chi connectivity index (χ1n) is 4.60. The lowest BCUT2D eigenvalue weighted by Gasteiger charge is -2.07. The van der Waals surface area contributed by atoms with Crippen LogP contribution in [0.4, 0.5) is 0 Å². The average Bonchev–Trinajstić information content (AvgIpc) is 2.28. The Labute approximate surface area is 107 Å². The van der Waals surface area contributed by atoms with Crippen molar-refractivity contribution in [1.82, 2.24) is 0 Å². The molecule has 0 N–H and O–H groups in total. The zero-order valence-corrected chi connectivity index (χ0v) is 10.9. The Hall–Kier alpha value is -1.05. The largest absolute Gasteiger partial charge is 0.462 e. The molecule has 0 spiro atoms. The van der Waals surface area contributed by atoms with Crippen molar-refractivity contribution < 1.29 is 9.53 Å². The summed E-state index contributed by atoms with van der Waals surface area (Å²) in [5, 5.41) is 9.62. The van der Waals surface area contributed by atoms with Crippen LogP contribution < -0.4 is 0 Å². The third-order valence-corrected chi connectivity index (χ3v) is 2.98. The molecule has 0 unspecified atom stereocenters. The molecule has 0 bridgehead atoms. The first-order chi connectivity index (χ1) is 7.65. The molecule has 0 amide bonds. The molecule has 1 aromatic carbocycles. The lowest BCUT2D eigenvalue weighted by atomic mass is 10.1. The predicted molar refractivity (Wildman–Crippen MR) is 64.8 cm³/mol. The van der Waals surface area contributed by atoms with Gasteiger partial charge in [-0.25, -0.2) is 4.79 Å². The summed E-state index contributed by atoms with van der Waals surface area (Å²) >= 11 is 9.23. The van der Waals surface area contributed by atoms with E-state index in [0.29, 0.717) is 10.9 Å². The third-order valence-electron chi connectivity index (χ3n) is 1.98. The maximum absolute atomic E-state index is 11.5. The highest BCUT2D eigenvalue weighted by molar-refractivity contribution is 9.08. The molecule has 0 aliphatic carbocycles. The second-order valence-corrected chi connectivity index (χ2v) is 3.87. The number of hydrogen-bond acceptors (Lipinski definition) is 3. The molecule has 5 heteroatoms. The van der Waals surface area contributed by atoms with E-state index in [0.717, 1.165) is 5.56 Å². The number of carbonyl (C=O) groups excluding carboxylic acids is 1. The molecule has 0 radical (unpaired) electrons. The van der Waals surface area contributed by atoms with Crippen molar-refractivity contribution in [2.45, 2.75) is 12.3 Å². The number of hydrogen-bond donors (Lipinski definition) is 0. The van der Waals surface area contributed by atoms with Gasteiger partial charge in [0.15, 0.2) is 0 Å². The molecule has 1 rings (SSSR count). The zero-order valence-electron chi connectivity index (χ0n) is 8.59. The van der Waals surface area contributed by atoms with Crippen LogP contribution in [0.3, 0.4) is 0 Å². The van der Waals surface area contributed by atoms with Crippen LogP contribution >= 0.6 is 27.5 Å². The van der Waals surface area contributed by atoms with E-state index in [1.54, 1.807) is 19.1 Å². The van der Waals surface area contributed by atoms with Crippen LogP contribution in [0.2, 0.25) is 5.02 Å². The van der Waals surface area contributed by atoms with Crippen LogP contribution in [0.5, 0.6) is 0 Å². The van der Waals surface area contributed by atoms with Crippen molar-refractivity contribution in [1.29, 1.82) is 5.26 Å². The number of esters is 1. The molecule has 0 atom stereocenters. The fraction of sp³-hybridized carbons (Fsp3) is 0.273. The van der Waals surface area contributed by atoms with Crippen LogP contribution in [0.15, 0.2) is 12.1 Å². The minimum atomic E-state index is -0.509. The molecule has 3 nitrogen and oxygen atoms in total. The topological polar surface area (TPSA) is 50.1 Å². The monoisotopic (exact) mass is 301 g/mol. The average molecular weight is 303 g/mol. The summed E-state index contributed by atoms with van der Waals surface area (Å²) in [4.78, 5) is 11.5. The SMILES string of the molecule is CCOC(=O)c1ccc(CBr)c(C#N)c1Cl. The van der Waals surface area contributed by atoms with Gasteiger partial charge in [0.25, 0.3) is 0 Å². The number of halogens is 2. The van der Waals surface area contributed by atoms with Gasteiger partial charge >= 0.3 is 5.97 Å². The van der Waals surface area contributed by atoms with E-state index >= 15 is 0 Å². The second-order valence-electron chi connectivity index (χ2n) is 2.93. The highest BCUT2D eigenvalue weighted by atomic mass is 79.9. The minimum Gasteiger partial charge on any atom is -0.462 e. The smallest absolute Gasteiger partial charge is 0.339 e. The summed E-state index contributed by atoms with van der Waals surface area (Å²) < 4.78 is 4.84. The molecule has 0 aliphatic heterocycles. The van der Waals surface area contributed by atoms with E-state index < -0.39 is 5.97 Å². The fourth-order valence-electron chi connectivity index (χ4n) is 1.21. The van der Waals surface area contributed by atoms with Gasteiger partial charge in [-0.15, -0.1) is 0 Å². The fourth-order valence-corrected chi connectivity index (χ4v) is 1.99. The number of benzene rings is 1. The molecule has 0 saturated heterocycles. The van der Waals surface area contributed by atoms with Crippen molar-refractivity contribution in [2.24, 2.45) is 0 Å². The highest BCUT2D eigenvalue weighted by Crippen LogP contribution is 2.26. The molecule has 0 saturated carbocycles. The molecule has 84 valence electrons. The Balaban J connectivity index is 3.25. The molecule has 1 aromatic rings. The van der Waals surface area contributed by atoms with Crippen molar-refractivity contribution >= 4 is 33.5 Å². The van der Waals surface area contributed by atoms with Crippen molar-refractivity contribution in [3.63, 3.8) is 0 Å². The molecular weight excluding hydrogens is 293 g/mol. The molecule has 16 heavy (non-hydrogen) atoms. The second kappa shape index (κ2) is 5.88. The van der Waals surface area contributed by atoms with Gasteiger partial charge in [-0.1, -0.05) is 33.6 Å². The summed E-state index contributed by atoms with van der Waals surface area (Å²) in [6.07, 6.45) is 0. The molecular formula is C11H9BrClNO2. The first-order valence-corrected chi connectivity index (χ1v) is 6.10. The van der Waals surface area contributed by atoms with Gasteiger partial charge < -0.3 is 4.74 Å². The summed E-state index contributed by atoms with van der Waals surface area (Å²) in [7, 11) is 0. The molecule has 0 aliphatic rings. The standard InChI is InChI=1S/C11H9BrClNO2/c1-2-16-11(15)8-4-3-7(5-12)9(6-14)10(8)13/h3-4H,2,5H2,1H3. The molecule has 0 aromatic heterocycles. The van der Waals surface area contributed by atoms with Crippen LogP contribution in [-0.4, -0.2) is 12.6 Å². The maximum Gasteiger partial charge on any atom is 0.339 e. The number of ether oxygens (including phenoxy) is 1. The lowest BCUT2D eigenvalue weighted by molar-refractivity contribution is 0.0526. The summed E-state index contributed by atoms with van der Waals surface area (Å²) in [5.74, 6) is -0.509. The van der Waals surface area contributed by atoms with Crippen LogP contribution in [0.1, 0.15) is 28.4 Å². The zero-order chi connectivity index (χ0) is 12.1. The molecule has 0 heterocycles. The predicted octanol–water partition coefficient (Wildman–Crippen LogP) is 3.28. The minimum absolute atomic E-state index is 0.151. The van der Waals surface area contributed by atoms with E-state index in [1.165, 1.54) is 0 Å². The van der Waals surface area contributed by atoms with E-state index in [2.05, 4.69) is 15.9 Å². The van der Waals surface area contributed by atoms with E-state index in [4.69, 9.17) is 21.6 Å². The highest BCUT2D eigenvalue weighted by Gasteiger charge is 2.16. The summed E-state index contributed by atoms with van der Waals surface area (Å²) in [6, 6.07) is 5.24. The van der Waals surface area contributed by atoms with Gasteiger partial charge in [0.1, 0.15) is 6.07 Å². The van der Waals surface area contributed by atoms with Crippen molar-refractivity contribution in [3.05, 3.63) is 33.8 Å². The Morgan fingerprint density at radius 2 is 2.31 bits per heavy atom. The van der Waals surface area contributed by atoms with E-state index in [-0.39, 0.29) is 17.2 Å². The number of nitriles is 1. The summed E-state index contributed by atoms with van der Waals surface area (Å²) in [5.41, 5.74) is 1.29. The number of nitrogens with zero attached hydrogens (tertiary/aromatic N) is 1. The van der Waals surface area contributed by atoms with Crippen molar-refractivity contribution in [2.75, 3.05) is 6.61 Å². The maximum atomic E-state index is 11.5. The van der Waals surface area contributed by atoms with Gasteiger partial charge in [0.2, 0.25) is 0 Å². The van der Waals surface area contributed by atoms with Gasteiger partial charge in [-0.3, -0.25) is 0 Å². The lowest BCUT2D eigenvalue weighted by Crippen LogP contribution is -2.07. The Morgan fingerprint density at radius 3 is 2.81 bits per heavy atom. The number of alkyl halides is 1. The van der Waals surface area contributed by atoms with Crippen LogP contribution in [0, 0.1) is 11.3 Å². The normalized spacial score (nSPS) is 9.62. The Bertz CT molecular complexity index is 454. The van der Waals surface area contributed by atoms with Gasteiger partial charge in [-0.05, 0) is 18.6 Å². The van der Waals surface area contributed by atoms with Gasteiger partial charge in [-0.2, -0.15) is 5.26 Å². The van der Waals surface area contributed by atoms with Gasteiger partial charge in [0.05, 0.1) is 22.8 Å².